The molecule has 0 heterocycles. The second kappa shape index (κ2) is 11.7. The highest BCUT2D eigenvalue weighted by molar-refractivity contribution is 5.89. The van der Waals surface area contributed by atoms with Crippen LogP contribution in [0, 0.1) is 0 Å². The van der Waals surface area contributed by atoms with Crippen molar-refractivity contribution < 1.29 is 19.1 Å². The van der Waals surface area contributed by atoms with Gasteiger partial charge < -0.3 is 9.47 Å². The molecule has 0 unspecified atom stereocenters. The molecule has 4 nitrogen and oxygen atoms in total. The largest absolute Gasteiger partial charge is 0.465 e. The van der Waals surface area contributed by atoms with Crippen LogP contribution in [0.1, 0.15) is 74.2 Å². The molecule has 0 saturated carbocycles. The Hall–Kier alpha value is -1.84. The normalized spacial score (nSPS) is 10.3. The third kappa shape index (κ3) is 8.38. The fourth-order valence-electron chi connectivity index (χ4n) is 2.32. The summed E-state index contributed by atoms with van der Waals surface area (Å²) in [5.41, 5.74) is 1.36. The van der Waals surface area contributed by atoms with E-state index >= 15 is 0 Å². The third-order valence-electron chi connectivity index (χ3n) is 3.76. The number of hydrogen-bond donors (Lipinski definition) is 0. The summed E-state index contributed by atoms with van der Waals surface area (Å²) < 4.78 is 9.88. The Balaban J connectivity index is 2.14. The number of ether oxygens (including phenoxy) is 2. The number of methoxy groups -OCH3 is 1. The molecule has 0 aliphatic rings. The molecule has 0 aromatic heterocycles. The summed E-state index contributed by atoms with van der Waals surface area (Å²) in [6.07, 6.45) is 8.77. The molecule has 0 atom stereocenters. The zero-order valence-electron chi connectivity index (χ0n) is 14.3. The van der Waals surface area contributed by atoms with Gasteiger partial charge in [0.05, 0.1) is 12.7 Å². The first-order valence-electron chi connectivity index (χ1n) is 8.50. The van der Waals surface area contributed by atoms with Gasteiger partial charge in [-0.05, 0) is 24.1 Å². The average Bonchev–Trinajstić information content (AvgIpc) is 2.59. The molecule has 0 aliphatic heterocycles. The van der Waals surface area contributed by atoms with Crippen molar-refractivity contribution >= 4 is 11.9 Å². The smallest absolute Gasteiger partial charge is 0.337 e. The van der Waals surface area contributed by atoms with Crippen molar-refractivity contribution in [2.24, 2.45) is 0 Å². The molecular weight excluding hydrogens is 292 g/mol. The summed E-state index contributed by atoms with van der Waals surface area (Å²) in [5.74, 6) is -0.525. The molecule has 0 bridgehead atoms. The molecule has 128 valence electrons. The lowest BCUT2D eigenvalue weighted by Gasteiger charge is -2.06. The van der Waals surface area contributed by atoms with Crippen LogP contribution in [0.4, 0.5) is 0 Å². The SMILES string of the molecule is CCCCCCCCCC(=O)OCc1ccc(C(=O)OC)cc1. The van der Waals surface area contributed by atoms with Gasteiger partial charge >= 0.3 is 11.9 Å². The van der Waals surface area contributed by atoms with Gasteiger partial charge in [0.15, 0.2) is 0 Å². The summed E-state index contributed by atoms with van der Waals surface area (Å²) in [6.45, 7) is 2.45. The van der Waals surface area contributed by atoms with E-state index in [4.69, 9.17) is 4.74 Å². The Bertz CT molecular complexity index is 465. The van der Waals surface area contributed by atoms with Crippen LogP contribution >= 0.6 is 0 Å². The lowest BCUT2D eigenvalue weighted by molar-refractivity contribution is -0.145. The van der Waals surface area contributed by atoms with Gasteiger partial charge in [-0.2, -0.15) is 0 Å². The van der Waals surface area contributed by atoms with Crippen LogP contribution in [-0.2, 0) is 20.9 Å². The van der Waals surface area contributed by atoms with E-state index in [1.165, 1.54) is 39.2 Å². The summed E-state index contributed by atoms with van der Waals surface area (Å²) >= 11 is 0. The molecule has 0 aliphatic carbocycles. The van der Waals surface area contributed by atoms with Crippen LogP contribution < -0.4 is 0 Å². The molecule has 23 heavy (non-hydrogen) atoms. The van der Waals surface area contributed by atoms with E-state index in [9.17, 15) is 9.59 Å². The summed E-state index contributed by atoms with van der Waals surface area (Å²) in [6, 6.07) is 6.89. The zero-order chi connectivity index (χ0) is 16.9. The minimum absolute atomic E-state index is 0.157. The molecule has 0 radical (unpaired) electrons. The monoisotopic (exact) mass is 320 g/mol. The van der Waals surface area contributed by atoms with Crippen molar-refractivity contribution in [3.8, 4) is 0 Å². The van der Waals surface area contributed by atoms with E-state index < -0.39 is 0 Å². The number of esters is 2. The van der Waals surface area contributed by atoms with E-state index in [0.29, 0.717) is 12.0 Å². The number of rotatable bonds is 11. The molecule has 0 saturated heterocycles. The Morgan fingerprint density at radius 1 is 0.913 bits per heavy atom. The molecular formula is C19H28O4. The number of benzene rings is 1. The lowest BCUT2D eigenvalue weighted by atomic mass is 10.1. The van der Waals surface area contributed by atoms with E-state index in [-0.39, 0.29) is 18.5 Å². The third-order valence-corrected chi connectivity index (χ3v) is 3.76. The van der Waals surface area contributed by atoms with Gasteiger partial charge in [-0.15, -0.1) is 0 Å². The van der Waals surface area contributed by atoms with Crippen LogP contribution in [0.3, 0.4) is 0 Å². The van der Waals surface area contributed by atoms with Crippen LogP contribution in [0.25, 0.3) is 0 Å². The Labute approximate surface area is 139 Å². The van der Waals surface area contributed by atoms with Crippen molar-refractivity contribution in [3.05, 3.63) is 35.4 Å². The summed E-state index contributed by atoms with van der Waals surface area (Å²) in [4.78, 5) is 23.0. The first-order valence-corrected chi connectivity index (χ1v) is 8.50. The Kier molecular flexibility index (Phi) is 9.76. The predicted molar refractivity (Wildman–Crippen MR) is 90.2 cm³/mol. The first kappa shape index (κ1) is 19.2. The number of unbranched alkanes of at least 4 members (excludes halogenated alkanes) is 6. The average molecular weight is 320 g/mol. The molecule has 1 aromatic rings. The molecule has 0 spiro atoms. The minimum atomic E-state index is -0.368. The highest BCUT2D eigenvalue weighted by Crippen LogP contribution is 2.10. The van der Waals surface area contributed by atoms with Crippen molar-refractivity contribution in [2.45, 2.75) is 64.9 Å². The van der Waals surface area contributed by atoms with Gasteiger partial charge in [0, 0.05) is 6.42 Å². The maximum Gasteiger partial charge on any atom is 0.337 e. The quantitative estimate of drug-likeness (QED) is 0.439. The fraction of sp³-hybridized carbons (Fsp3) is 0.579. The van der Waals surface area contributed by atoms with Gasteiger partial charge in [0.2, 0.25) is 0 Å². The van der Waals surface area contributed by atoms with Crippen molar-refractivity contribution in [2.75, 3.05) is 7.11 Å². The van der Waals surface area contributed by atoms with Crippen molar-refractivity contribution in [1.29, 1.82) is 0 Å². The van der Waals surface area contributed by atoms with Crippen molar-refractivity contribution in [3.63, 3.8) is 0 Å². The van der Waals surface area contributed by atoms with Gasteiger partial charge in [-0.25, -0.2) is 4.79 Å². The molecule has 4 heteroatoms. The maximum absolute atomic E-state index is 11.7. The second-order valence-corrected chi connectivity index (χ2v) is 5.72. The number of carbonyl (C=O) groups excluding carboxylic acids is 2. The van der Waals surface area contributed by atoms with Crippen molar-refractivity contribution in [1.82, 2.24) is 0 Å². The first-order chi connectivity index (χ1) is 11.2. The summed E-state index contributed by atoms with van der Waals surface area (Å²) in [5, 5.41) is 0. The Morgan fingerprint density at radius 2 is 1.52 bits per heavy atom. The zero-order valence-corrected chi connectivity index (χ0v) is 14.3. The van der Waals surface area contributed by atoms with Gasteiger partial charge in [0.1, 0.15) is 6.61 Å². The predicted octanol–water partition coefficient (Wildman–Crippen LogP) is 4.66. The molecule has 1 aromatic carbocycles. The second-order valence-electron chi connectivity index (χ2n) is 5.72. The minimum Gasteiger partial charge on any atom is -0.465 e. The molecule has 1 rings (SSSR count). The van der Waals surface area contributed by atoms with Crippen LogP contribution in [0.5, 0.6) is 0 Å². The highest BCUT2D eigenvalue weighted by atomic mass is 16.5. The van der Waals surface area contributed by atoms with Crippen LogP contribution in [-0.4, -0.2) is 19.0 Å². The standard InChI is InChI=1S/C19H28O4/c1-3-4-5-6-7-8-9-10-18(20)23-15-16-11-13-17(14-12-16)19(21)22-2/h11-14H,3-10,15H2,1-2H3. The maximum atomic E-state index is 11.7. The molecule has 0 N–H and O–H groups in total. The topological polar surface area (TPSA) is 52.6 Å². The van der Waals surface area contributed by atoms with Crippen LogP contribution in [0.2, 0.25) is 0 Å². The van der Waals surface area contributed by atoms with Gasteiger partial charge in [0.25, 0.3) is 0 Å². The van der Waals surface area contributed by atoms with Gasteiger partial charge in [-0.1, -0.05) is 57.6 Å². The van der Waals surface area contributed by atoms with E-state index in [1.807, 2.05) is 0 Å². The number of carbonyl (C=O) groups is 2. The Morgan fingerprint density at radius 3 is 2.13 bits per heavy atom. The lowest BCUT2D eigenvalue weighted by Crippen LogP contribution is -2.05. The van der Waals surface area contributed by atoms with E-state index in [0.717, 1.165) is 18.4 Å². The number of hydrogen-bond acceptors (Lipinski definition) is 4. The molecule has 0 fully saturated rings. The molecule has 0 amide bonds. The fourth-order valence-corrected chi connectivity index (χ4v) is 2.32. The van der Waals surface area contributed by atoms with Gasteiger partial charge in [-0.3, -0.25) is 4.79 Å². The van der Waals surface area contributed by atoms with E-state index in [2.05, 4.69) is 11.7 Å². The van der Waals surface area contributed by atoms with Crippen LogP contribution in [0.15, 0.2) is 24.3 Å². The highest BCUT2D eigenvalue weighted by Gasteiger charge is 2.06. The van der Waals surface area contributed by atoms with E-state index in [1.54, 1.807) is 24.3 Å². The summed E-state index contributed by atoms with van der Waals surface area (Å²) in [7, 11) is 1.35.